The maximum absolute atomic E-state index is 11.5. The fourth-order valence-electron chi connectivity index (χ4n) is 2.17. The first-order chi connectivity index (χ1) is 11.6. The monoisotopic (exact) mass is 347 g/mol. The number of aryl methyl sites for hydroxylation is 1. The van der Waals surface area contributed by atoms with Gasteiger partial charge in [-0.2, -0.15) is 0 Å². The maximum Gasteiger partial charge on any atom is 0.342 e. The van der Waals surface area contributed by atoms with E-state index in [0.717, 1.165) is 36.1 Å². The molecule has 24 heavy (non-hydrogen) atoms. The smallest absolute Gasteiger partial charge is 0.342 e. The van der Waals surface area contributed by atoms with E-state index in [1.165, 1.54) is 0 Å². The molecule has 1 N–H and O–H groups in total. The molecule has 0 aliphatic heterocycles. The molecule has 0 aliphatic rings. The van der Waals surface area contributed by atoms with Gasteiger partial charge in [0.2, 0.25) is 5.89 Å². The molecule has 6 nitrogen and oxygen atoms in total. The lowest BCUT2D eigenvalue weighted by molar-refractivity contribution is -0.131. The molecule has 1 aromatic heterocycles. The van der Waals surface area contributed by atoms with Crippen molar-refractivity contribution in [2.45, 2.75) is 32.4 Å². The average molecular weight is 347 g/mol. The summed E-state index contributed by atoms with van der Waals surface area (Å²) in [5, 5.41) is 17.3. The highest BCUT2D eigenvalue weighted by molar-refractivity contribution is 8.03. The van der Waals surface area contributed by atoms with Crippen molar-refractivity contribution in [1.82, 2.24) is 10.2 Å². The molecule has 7 heteroatoms. The number of aromatic nitrogens is 2. The van der Waals surface area contributed by atoms with Crippen LogP contribution in [0.4, 0.5) is 5.69 Å². The molecule has 0 bridgehead atoms. The third-order valence-corrected chi connectivity index (χ3v) is 4.33. The van der Waals surface area contributed by atoms with E-state index in [4.69, 9.17) is 4.42 Å². The zero-order chi connectivity index (χ0) is 17.5. The number of anilines is 1. The normalized spacial score (nSPS) is 11.5. The van der Waals surface area contributed by atoms with Crippen LogP contribution in [0.25, 0.3) is 6.08 Å². The summed E-state index contributed by atoms with van der Waals surface area (Å²) in [6.45, 7) is 7.96. The van der Waals surface area contributed by atoms with E-state index in [2.05, 4.69) is 28.9 Å². The topological polar surface area (TPSA) is 79.5 Å². The number of benzene rings is 1. The van der Waals surface area contributed by atoms with Gasteiger partial charge in [-0.1, -0.05) is 19.1 Å². The van der Waals surface area contributed by atoms with Gasteiger partial charge in [0, 0.05) is 25.2 Å². The van der Waals surface area contributed by atoms with E-state index in [1.54, 1.807) is 6.08 Å². The third-order valence-electron chi connectivity index (χ3n) is 3.48. The second-order valence-electron chi connectivity index (χ2n) is 4.99. The van der Waals surface area contributed by atoms with Crippen LogP contribution in [0, 0.1) is 0 Å². The number of hydrogen-bond acceptors (Lipinski definition) is 6. The Balaban J connectivity index is 2.19. The molecule has 0 saturated heterocycles. The Morgan fingerprint density at radius 2 is 1.88 bits per heavy atom. The van der Waals surface area contributed by atoms with Crippen molar-refractivity contribution in [2.75, 3.05) is 18.0 Å². The van der Waals surface area contributed by atoms with Gasteiger partial charge in [-0.05, 0) is 49.4 Å². The number of carbonyl (C=O) groups is 1. The molecular weight excluding hydrogens is 326 g/mol. The van der Waals surface area contributed by atoms with Gasteiger partial charge in [-0.15, -0.1) is 10.2 Å². The van der Waals surface area contributed by atoms with Crippen molar-refractivity contribution < 1.29 is 14.3 Å². The van der Waals surface area contributed by atoms with Gasteiger partial charge in [0.25, 0.3) is 5.22 Å². The second kappa shape index (κ2) is 8.54. The lowest BCUT2D eigenvalue weighted by Gasteiger charge is -2.20. The molecule has 0 atom stereocenters. The highest BCUT2D eigenvalue weighted by atomic mass is 32.2. The zero-order valence-electron chi connectivity index (χ0n) is 14.0. The Morgan fingerprint density at radius 1 is 1.21 bits per heavy atom. The summed E-state index contributed by atoms with van der Waals surface area (Å²) >= 11 is 0.958. The summed E-state index contributed by atoms with van der Waals surface area (Å²) in [6, 6.07) is 7.79. The second-order valence-corrected chi connectivity index (χ2v) is 5.99. The van der Waals surface area contributed by atoms with E-state index in [1.807, 2.05) is 31.2 Å². The fraction of sp³-hybridized carbons (Fsp3) is 0.353. The molecule has 1 heterocycles. The summed E-state index contributed by atoms with van der Waals surface area (Å²) in [4.78, 5) is 13.8. The number of carboxylic acids is 1. The van der Waals surface area contributed by atoms with Crippen molar-refractivity contribution in [3.05, 3.63) is 40.6 Å². The Kier molecular flexibility index (Phi) is 6.43. The fourth-order valence-corrected chi connectivity index (χ4v) is 2.86. The Hall–Kier alpha value is -2.28. The SMILES string of the molecule is CCc1nnc(S/C(=C\c2ccc(N(CC)CC)cc2)C(=O)O)o1. The minimum absolute atomic E-state index is 0.136. The van der Waals surface area contributed by atoms with Crippen molar-refractivity contribution in [3.8, 4) is 0 Å². The molecule has 0 spiro atoms. The summed E-state index contributed by atoms with van der Waals surface area (Å²) in [7, 11) is 0. The van der Waals surface area contributed by atoms with Crippen molar-refractivity contribution in [2.24, 2.45) is 0 Å². The molecule has 1 aromatic carbocycles. The summed E-state index contributed by atoms with van der Waals surface area (Å²) < 4.78 is 5.36. The molecule has 0 unspecified atom stereocenters. The van der Waals surface area contributed by atoms with Crippen LogP contribution < -0.4 is 4.90 Å². The molecule has 0 aliphatic carbocycles. The molecule has 128 valence electrons. The van der Waals surface area contributed by atoms with Gasteiger partial charge in [0.1, 0.15) is 4.91 Å². The molecule has 0 saturated carbocycles. The molecule has 0 fully saturated rings. The highest BCUT2D eigenvalue weighted by Crippen LogP contribution is 2.28. The zero-order valence-corrected chi connectivity index (χ0v) is 14.8. The summed E-state index contributed by atoms with van der Waals surface area (Å²) in [5.74, 6) is -0.533. The molecular formula is C17H21N3O3S. The maximum atomic E-state index is 11.5. The van der Waals surface area contributed by atoms with Crippen molar-refractivity contribution >= 4 is 29.5 Å². The van der Waals surface area contributed by atoms with E-state index < -0.39 is 5.97 Å². The summed E-state index contributed by atoms with van der Waals surface area (Å²) in [5.41, 5.74) is 1.93. The molecule has 0 amide bonds. The molecule has 2 aromatic rings. The van der Waals surface area contributed by atoms with E-state index in [9.17, 15) is 9.90 Å². The van der Waals surface area contributed by atoms with Crippen LogP contribution in [-0.2, 0) is 11.2 Å². The standard InChI is InChI=1S/C17H21N3O3S/c1-4-15-18-19-17(23-15)24-14(16(21)22)11-12-7-9-13(10-8-12)20(5-2)6-3/h7-11H,4-6H2,1-3H3,(H,21,22)/b14-11-. The van der Waals surface area contributed by atoms with Crippen LogP contribution in [0.1, 0.15) is 32.2 Å². The quantitative estimate of drug-likeness (QED) is 0.576. The van der Waals surface area contributed by atoms with E-state index in [-0.39, 0.29) is 10.1 Å². The van der Waals surface area contributed by atoms with Crippen molar-refractivity contribution in [1.29, 1.82) is 0 Å². The average Bonchev–Trinajstić information content (AvgIpc) is 3.04. The van der Waals surface area contributed by atoms with Crippen molar-refractivity contribution in [3.63, 3.8) is 0 Å². The van der Waals surface area contributed by atoms with Crippen LogP contribution in [0.2, 0.25) is 0 Å². The predicted octanol–water partition coefficient (Wildman–Crippen LogP) is 3.70. The Bertz CT molecular complexity index is 706. The molecule has 2 rings (SSSR count). The Labute approximate surface area is 145 Å². The van der Waals surface area contributed by atoms with Gasteiger partial charge < -0.3 is 14.4 Å². The van der Waals surface area contributed by atoms with Crippen LogP contribution in [0.15, 0.2) is 38.8 Å². The first kappa shape index (κ1) is 18.1. The largest absolute Gasteiger partial charge is 0.477 e. The van der Waals surface area contributed by atoms with Gasteiger partial charge in [-0.25, -0.2) is 4.79 Å². The van der Waals surface area contributed by atoms with E-state index in [0.29, 0.717) is 12.3 Å². The van der Waals surface area contributed by atoms with Crippen LogP contribution in [0.5, 0.6) is 0 Å². The number of carboxylic acid groups (broad SMARTS) is 1. The minimum Gasteiger partial charge on any atom is -0.477 e. The number of nitrogens with zero attached hydrogens (tertiary/aromatic N) is 3. The van der Waals surface area contributed by atoms with Crippen LogP contribution in [-0.4, -0.2) is 34.4 Å². The third kappa shape index (κ3) is 4.61. The number of thioether (sulfide) groups is 1. The van der Waals surface area contributed by atoms with Gasteiger partial charge in [0.05, 0.1) is 0 Å². The highest BCUT2D eigenvalue weighted by Gasteiger charge is 2.14. The summed E-state index contributed by atoms with van der Waals surface area (Å²) in [6.07, 6.45) is 2.22. The number of aliphatic carboxylic acids is 1. The first-order valence-corrected chi connectivity index (χ1v) is 8.69. The van der Waals surface area contributed by atoms with E-state index >= 15 is 0 Å². The minimum atomic E-state index is -1.02. The number of hydrogen-bond donors (Lipinski definition) is 1. The lowest BCUT2D eigenvalue weighted by atomic mass is 10.2. The van der Waals surface area contributed by atoms with Gasteiger partial charge in [0.15, 0.2) is 0 Å². The lowest BCUT2D eigenvalue weighted by Crippen LogP contribution is -2.21. The Morgan fingerprint density at radius 3 is 2.38 bits per heavy atom. The number of rotatable bonds is 8. The van der Waals surface area contributed by atoms with Gasteiger partial charge in [-0.3, -0.25) is 0 Å². The molecule has 0 radical (unpaired) electrons. The van der Waals surface area contributed by atoms with Crippen LogP contribution >= 0.6 is 11.8 Å². The van der Waals surface area contributed by atoms with Crippen LogP contribution in [0.3, 0.4) is 0 Å². The first-order valence-electron chi connectivity index (χ1n) is 7.87. The predicted molar refractivity (Wildman–Crippen MR) is 95.1 cm³/mol. The van der Waals surface area contributed by atoms with Gasteiger partial charge >= 0.3 is 5.97 Å².